The molecule has 4 aromatic rings. The van der Waals surface area contributed by atoms with Crippen LogP contribution in [-0.4, -0.2) is 0 Å². The van der Waals surface area contributed by atoms with Crippen LogP contribution in [0.5, 0.6) is 5.75 Å². The van der Waals surface area contributed by atoms with Crippen LogP contribution in [0.1, 0.15) is 5.56 Å². The van der Waals surface area contributed by atoms with Crippen LogP contribution in [-0.2, 0) is 7.05 Å². The van der Waals surface area contributed by atoms with E-state index in [1.54, 1.807) is 0 Å². The van der Waals surface area contributed by atoms with E-state index in [1.165, 1.54) is 37.0 Å². The molecule has 0 aliphatic rings. The summed E-state index contributed by atoms with van der Waals surface area (Å²) in [5, 5.41) is 2.56. The quantitative estimate of drug-likeness (QED) is 0.298. The molecule has 0 bridgehead atoms. The van der Waals surface area contributed by atoms with Gasteiger partial charge in [-0.1, -0.05) is 18.2 Å². The molecule has 0 N–H and O–H groups in total. The number of aryl methyl sites for hydroxylation is 1. The molecular weight excluding hydrogens is 417 g/mol. The highest BCUT2D eigenvalue weighted by Crippen LogP contribution is 2.44. The van der Waals surface area contributed by atoms with Crippen LogP contribution in [0.2, 0.25) is 0 Å². The Morgan fingerprint density at radius 1 is 1.04 bits per heavy atom. The molecule has 0 fully saturated rings. The molecule has 0 spiro atoms. The van der Waals surface area contributed by atoms with Crippen molar-refractivity contribution >= 4 is 54.5 Å². The lowest BCUT2D eigenvalue weighted by Crippen LogP contribution is -2.30. The molecule has 4 rings (SSSR count). The van der Waals surface area contributed by atoms with Gasteiger partial charge in [0.25, 0.3) is 0 Å². The average Bonchev–Trinajstić information content (AvgIpc) is 2.93. The van der Waals surface area contributed by atoms with Crippen LogP contribution in [0.3, 0.4) is 0 Å². The standard InChI is InChI=1S/C19H15INOS/c1-12-16(22-20)11-14-13-7-3-4-9-17(13)23-19(14)18(12)15-8-5-6-10-21(15)2/h3-11H,1-2H3/q+1. The summed E-state index contributed by atoms with van der Waals surface area (Å²) in [6.07, 6.45) is 2.09. The van der Waals surface area contributed by atoms with Crippen molar-refractivity contribution in [3.05, 3.63) is 60.3 Å². The SMILES string of the molecule is Cc1c(OI)cc2c(sc3ccccc32)c1-c1cccc[n+]1C. The molecule has 4 heteroatoms. The maximum absolute atomic E-state index is 5.64. The van der Waals surface area contributed by atoms with Gasteiger partial charge in [0.15, 0.2) is 29.2 Å². The molecule has 2 heterocycles. The Labute approximate surface area is 153 Å². The van der Waals surface area contributed by atoms with Gasteiger partial charge in [0.1, 0.15) is 12.8 Å². The Hall–Kier alpha value is -1.66. The second-order valence-electron chi connectivity index (χ2n) is 5.62. The van der Waals surface area contributed by atoms with Crippen molar-refractivity contribution in [3.63, 3.8) is 0 Å². The first-order chi connectivity index (χ1) is 11.2. The van der Waals surface area contributed by atoms with Crippen molar-refractivity contribution in [1.29, 1.82) is 0 Å². The number of thiophene rings is 1. The van der Waals surface area contributed by atoms with Gasteiger partial charge < -0.3 is 3.07 Å². The van der Waals surface area contributed by atoms with Gasteiger partial charge >= 0.3 is 0 Å². The molecule has 114 valence electrons. The van der Waals surface area contributed by atoms with Crippen molar-refractivity contribution in [1.82, 2.24) is 0 Å². The maximum Gasteiger partial charge on any atom is 0.214 e. The first kappa shape index (κ1) is 14.9. The third-order valence-electron chi connectivity index (χ3n) is 4.28. The summed E-state index contributed by atoms with van der Waals surface area (Å²) in [7, 11) is 2.09. The summed E-state index contributed by atoms with van der Waals surface area (Å²) in [6, 6.07) is 17.1. The lowest BCUT2D eigenvalue weighted by Gasteiger charge is -2.10. The Morgan fingerprint density at radius 3 is 2.61 bits per heavy atom. The number of halogens is 1. The number of rotatable bonds is 2. The Morgan fingerprint density at radius 2 is 1.83 bits per heavy atom. The fraction of sp³-hybridized carbons (Fsp3) is 0.105. The van der Waals surface area contributed by atoms with E-state index in [9.17, 15) is 0 Å². The molecule has 23 heavy (non-hydrogen) atoms. The molecule has 0 aliphatic carbocycles. The molecule has 0 atom stereocenters. The number of aromatic nitrogens is 1. The van der Waals surface area contributed by atoms with Crippen molar-refractivity contribution in [2.45, 2.75) is 6.92 Å². The van der Waals surface area contributed by atoms with E-state index in [4.69, 9.17) is 3.07 Å². The second-order valence-corrected chi connectivity index (χ2v) is 7.12. The van der Waals surface area contributed by atoms with E-state index >= 15 is 0 Å². The first-order valence-electron chi connectivity index (χ1n) is 7.39. The smallest absolute Gasteiger partial charge is 0.214 e. The van der Waals surface area contributed by atoms with Gasteiger partial charge in [0.2, 0.25) is 5.69 Å². The number of hydrogen-bond donors (Lipinski definition) is 0. The van der Waals surface area contributed by atoms with Gasteiger partial charge in [-0.25, -0.2) is 4.57 Å². The largest absolute Gasteiger partial charge is 0.427 e. The van der Waals surface area contributed by atoms with Gasteiger partial charge in [-0.3, -0.25) is 0 Å². The molecule has 0 aliphatic heterocycles. The van der Waals surface area contributed by atoms with E-state index in [1.807, 2.05) is 34.3 Å². The zero-order chi connectivity index (χ0) is 16.0. The summed E-state index contributed by atoms with van der Waals surface area (Å²) in [5.41, 5.74) is 3.65. The van der Waals surface area contributed by atoms with E-state index in [2.05, 4.69) is 73.3 Å². The number of fused-ring (bicyclic) bond motifs is 3. The van der Waals surface area contributed by atoms with Crippen molar-refractivity contribution in [2.75, 3.05) is 0 Å². The van der Waals surface area contributed by atoms with Crippen molar-refractivity contribution < 1.29 is 7.63 Å². The van der Waals surface area contributed by atoms with Crippen molar-refractivity contribution in [2.24, 2.45) is 7.05 Å². The molecule has 0 amide bonds. The van der Waals surface area contributed by atoms with Crippen LogP contribution in [0.15, 0.2) is 54.7 Å². The van der Waals surface area contributed by atoms with Crippen LogP contribution >= 0.6 is 34.3 Å². The minimum atomic E-state index is 0.931. The number of hydrogen-bond acceptors (Lipinski definition) is 2. The number of benzene rings is 2. The molecule has 0 saturated carbocycles. The summed E-state index contributed by atoms with van der Waals surface area (Å²) in [4.78, 5) is 0. The third-order valence-corrected chi connectivity index (χ3v) is 5.95. The molecule has 0 radical (unpaired) electrons. The Balaban J connectivity index is 2.21. The molecule has 0 unspecified atom stereocenters. The lowest BCUT2D eigenvalue weighted by atomic mass is 10.00. The Bertz CT molecular complexity index is 1040. The normalized spacial score (nSPS) is 11.3. The van der Waals surface area contributed by atoms with Crippen LogP contribution in [0.4, 0.5) is 0 Å². The summed E-state index contributed by atoms with van der Waals surface area (Å²) in [6.45, 7) is 2.14. The minimum Gasteiger partial charge on any atom is -0.427 e. The second kappa shape index (κ2) is 5.76. The number of nitrogens with zero attached hydrogens (tertiary/aromatic N) is 1. The minimum absolute atomic E-state index is 0.931. The summed E-state index contributed by atoms with van der Waals surface area (Å²) < 4.78 is 10.4. The summed E-state index contributed by atoms with van der Waals surface area (Å²) >= 11 is 3.83. The molecule has 2 aromatic heterocycles. The van der Waals surface area contributed by atoms with Crippen LogP contribution in [0, 0.1) is 6.92 Å². The predicted molar refractivity (Wildman–Crippen MR) is 105 cm³/mol. The van der Waals surface area contributed by atoms with E-state index in [0.717, 1.165) is 5.75 Å². The van der Waals surface area contributed by atoms with E-state index in [0.29, 0.717) is 0 Å². The molecular formula is C19H15INOS+. The summed E-state index contributed by atoms with van der Waals surface area (Å²) in [5.74, 6) is 0.931. The van der Waals surface area contributed by atoms with E-state index < -0.39 is 0 Å². The van der Waals surface area contributed by atoms with Crippen LogP contribution < -0.4 is 7.63 Å². The van der Waals surface area contributed by atoms with Gasteiger partial charge in [-0.2, -0.15) is 0 Å². The monoisotopic (exact) mass is 432 g/mol. The maximum atomic E-state index is 5.64. The lowest BCUT2D eigenvalue weighted by molar-refractivity contribution is -0.660. The van der Waals surface area contributed by atoms with E-state index in [-0.39, 0.29) is 0 Å². The predicted octanol–water partition coefficient (Wildman–Crippen LogP) is 5.58. The van der Waals surface area contributed by atoms with Gasteiger partial charge in [-0.15, -0.1) is 11.3 Å². The van der Waals surface area contributed by atoms with Crippen LogP contribution in [0.25, 0.3) is 31.4 Å². The van der Waals surface area contributed by atoms with Gasteiger partial charge in [0, 0.05) is 37.9 Å². The average molecular weight is 432 g/mol. The van der Waals surface area contributed by atoms with Crippen molar-refractivity contribution in [3.8, 4) is 17.0 Å². The Kier molecular flexibility index (Phi) is 3.73. The van der Waals surface area contributed by atoms with Gasteiger partial charge in [-0.05, 0) is 25.1 Å². The fourth-order valence-corrected chi connectivity index (χ4v) is 4.85. The topological polar surface area (TPSA) is 13.1 Å². The highest BCUT2D eigenvalue weighted by Gasteiger charge is 2.21. The zero-order valence-electron chi connectivity index (χ0n) is 12.8. The molecule has 0 saturated heterocycles. The fourth-order valence-electron chi connectivity index (χ4n) is 3.10. The highest BCUT2D eigenvalue weighted by atomic mass is 127. The zero-order valence-corrected chi connectivity index (χ0v) is 15.8. The number of pyridine rings is 1. The molecule has 2 aromatic carbocycles. The molecule has 2 nitrogen and oxygen atoms in total. The first-order valence-corrected chi connectivity index (χ1v) is 9.09. The highest BCUT2D eigenvalue weighted by molar-refractivity contribution is 14.1. The third kappa shape index (κ3) is 2.32. The van der Waals surface area contributed by atoms with Gasteiger partial charge in [0.05, 0.1) is 5.56 Å².